The minimum absolute atomic E-state index is 0.218. The third-order valence-electron chi connectivity index (χ3n) is 4.18. The SMILES string of the molecule is CN(C)c1ccc(CNC(=O)c2ccc(=O)n(Cc3ccccc3)n2)cc1. The van der Waals surface area contributed by atoms with Gasteiger partial charge in [0, 0.05) is 32.4 Å². The molecule has 0 aliphatic carbocycles. The van der Waals surface area contributed by atoms with Crippen molar-refractivity contribution < 1.29 is 4.79 Å². The molecule has 0 aliphatic heterocycles. The van der Waals surface area contributed by atoms with E-state index in [1.54, 1.807) is 0 Å². The molecule has 0 aliphatic rings. The molecule has 1 heterocycles. The summed E-state index contributed by atoms with van der Waals surface area (Å²) in [5, 5.41) is 7.05. The van der Waals surface area contributed by atoms with Gasteiger partial charge in [-0.3, -0.25) is 9.59 Å². The summed E-state index contributed by atoms with van der Waals surface area (Å²) in [6, 6.07) is 20.3. The van der Waals surface area contributed by atoms with Crippen LogP contribution in [0.15, 0.2) is 71.5 Å². The van der Waals surface area contributed by atoms with Crippen LogP contribution in [0.3, 0.4) is 0 Å². The molecule has 1 amide bonds. The molecule has 0 spiro atoms. The minimum Gasteiger partial charge on any atom is -0.378 e. The van der Waals surface area contributed by atoms with Gasteiger partial charge < -0.3 is 10.2 Å². The van der Waals surface area contributed by atoms with Gasteiger partial charge in [-0.2, -0.15) is 5.10 Å². The Balaban J connectivity index is 1.67. The van der Waals surface area contributed by atoms with Gasteiger partial charge in [-0.1, -0.05) is 42.5 Å². The Kier molecular flexibility index (Phi) is 5.66. The van der Waals surface area contributed by atoms with E-state index in [0.29, 0.717) is 13.1 Å². The molecular formula is C21H22N4O2. The highest BCUT2D eigenvalue weighted by Crippen LogP contribution is 2.12. The average Bonchev–Trinajstić information content (AvgIpc) is 2.69. The van der Waals surface area contributed by atoms with Crippen LogP contribution in [0.25, 0.3) is 0 Å². The molecule has 27 heavy (non-hydrogen) atoms. The number of carbonyl (C=O) groups is 1. The predicted molar refractivity (Wildman–Crippen MR) is 106 cm³/mol. The first kappa shape index (κ1) is 18.4. The second-order valence-corrected chi connectivity index (χ2v) is 6.44. The van der Waals surface area contributed by atoms with E-state index in [-0.39, 0.29) is 17.2 Å². The van der Waals surface area contributed by atoms with E-state index >= 15 is 0 Å². The highest BCUT2D eigenvalue weighted by atomic mass is 16.2. The topological polar surface area (TPSA) is 67.2 Å². The Labute approximate surface area is 158 Å². The van der Waals surface area contributed by atoms with E-state index in [9.17, 15) is 9.59 Å². The zero-order valence-electron chi connectivity index (χ0n) is 15.4. The van der Waals surface area contributed by atoms with E-state index in [0.717, 1.165) is 16.8 Å². The third-order valence-corrected chi connectivity index (χ3v) is 4.18. The van der Waals surface area contributed by atoms with E-state index in [4.69, 9.17) is 0 Å². The molecule has 0 bridgehead atoms. The second kappa shape index (κ2) is 8.31. The summed E-state index contributed by atoms with van der Waals surface area (Å²) < 4.78 is 1.30. The maximum absolute atomic E-state index is 12.4. The molecule has 0 saturated heterocycles. The minimum atomic E-state index is -0.312. The third kappa shape index (κ3) is 4.82. The lowest BCUT2D eigenvalue weighted by molar-refractivity contribution is 0.0943. The van der Waals surface area contributed by atoms with Gasteiger partial charge in [0.25, 0.3) is 11.5 Å². The molecule has 138 valence electrons. The number of hydrogen-bond donors (Lipinski definition) is 1. The predicted octanol–water partition coefficient (Wildman–Crippen LogP) is 2.29. The smallest absolute Gasteiger partial charge is 0.271 e. The largest absolute Gasteiger partial charge is 0.378 e. The monoisotopic (exact) mass is 362 g/mol. The maximum Gasteiger partial charge on any atom is 0.271 e. The van der Waals surface area contributed by atoms with Crippen molar-refractivity contribution in [3.63, 3.8) is 0 Å². The van der Waals surface area contributed by atoms with Crippen LogP contribution in [-0.2, 0) is 13.1 Å². The first-order valence-corrected chi connectivity index (χ1v) is 8.69. The van der Waals surface area contributed by atoms with E-state index < -0.39 is 0 Å². The van der Waals surface area contributed by atoms with Gasteiger partial charge in [-0.25, -0.2) is 4.68 Å². The molecule has 1 aromatic heterocycles. The van der Waals surface area contributed by atoms with Crippen LogP contribution in [0.4, 0.5) is 5.69 Å². The molecule has 3 aromatic rings. The average molecular weight is 362 g/mol. The fourth-order valence-corrected chi connectivity index (χ4v) is 2.62. The molecule has 0 radical (unpaired) electrons. The molecular weight excluding hydrogens is 340 g/mol. The molecule has 6 heteroatoms. The van der Waals surface area contributed by atoms with Gasteiger partial charge in [0.2, 0.25) is 0 Å². The normalized spacial score (nSPS) is 10.4. The van der Waals surface area contributed by atoms with Crippen molar-refractivity contribution in [2.24, 2.45) is 0 Å². The Morgan fingerprint density at radius 1 is 0.963 bits per heavy atom. The van der Waals surface area contributed by atoms with Crippen LogP contribution < -0.4 is 15.8 Å². The first-order chi connectivity index (χ1) is 13.0. The van der Waals surface area contributed by atoms with E-state index in [1.165, 1.54) is 16.8 Å². The molecule has 0 atom stereocenters. The van der Waals surface area contributed by atoms with Crippen LogP contribution in [0.1, 0.15) is 21.6 Å². The highest BCUT2D eigenvalue weighted by Gasteiger charge is 2.10. The number of benzene rings is 2. The molecule has 3 rings (SSSR count). The quantitative estimate of drug-likeness (QED) is 0.731. The number of rotatable bonds is 6. The maximum atomic E-state index is 12.4. The number of hydrogen-bond acceptors (Lipinski definition) is 4. The lowest BCUT2D eigenvalue weighted by Gasteiger charge is -2.13. The highest BCUT2D eigenvalue weighted by molar-refractivity contribution is 5.91. The Morgan fingerprint density at radius 3 is 2.33 bits per heavy atom. The van der Waals surface area contributed by atoms with Gasteiger partial charge >= 0.3 is 0 Å². The molecule has 2 aromatic carbocycles. The Morgan fingerprint density at radius 2 is 1.67 bits per heavy atom. The lowest BCUT2D eigenvalue weighted by atomic mass is 10.2. The summed E-state index contributed by atoms with van der Waals surface area (Å²) in [5.74, 6) is -0.312. The summed E-state index contributed by atoms with van der Waals surface area (Å²) in [6.07, 6.45) is 0. The van der Waals surface area contributed by atoms with E-state index in [2.05, 4.69) is 10.4 Å². The second-order valence-electron chi connectivity index (χ2n) is 6.44. The summed E-state index contributed by atoms with van der Waals surface area (Å²) in [6.45, 7) is 0.721. The van der Waals surface area contributed by atoms with Crippen molar-refractivity contribution in [3.05, 3.63) is 93.9 Å². The zero-order chi connectivity index (χ0) is 19.2. The number of carbonyl (C=O) groups excluding carboxylic acids is 1. The molecule has 0 fully saturated rings. The molecule has 6 nitrogen and oxygen atoms in total. The fourth-order valence-electron chi connectivity index (χ4n) is 2.62. The van der Waals surface area contributed by atoms with Gasteiger partial charge in [0.05, 0.1) is 6.54 Å². The standard InChI is InChI=1S/C21H22N4O2/c1-24(2)18-10-8-16(9-11-18)14-22-21(27)19-12-13-20(26)25(23-19)15-17-6-4-3-5-7-17/h3-13H,14-15H2,1-2H3,(H,22,27). The fraction of sp³-hybridized carbons (Fsp3) is 0.190. The van der Waals surface area contributed by atoms with Gasteiger partial charge in [0.15, 0.2) is 0 Å². The van der Waals surface area contributed by atoms with Gasteiger partial charge in [-0.05, 0) is 29.3 Å². The Bertz CT molecular complexity index is 963. The number of aromatic nitrogens is 2. The number of nitrogens with zero attached hydrogens (tertiary/aromatic N) is 3. The van der Waals surface area contributed by atoms with Crippen LogP contribution in [0.5, 0.6) is 0 Å². The van der Waals surface area contributed by atoms with Gasteiger partial charge in [-0.15, -0.1) is 0 Å². The van der Waals surface area contributed by atoms with Crippen LogP contribution in [-0.4, -0.2) is 29.8 Å². The van der Waals surface area contributed by atoms with Crippen molar-refractivity contribution in [2.75, 3.05) is 19.0 Å². The van der Waals surface area contributed by atoms with Crippen LogP contribution >= 0.6 is 0 Å². The molecule has 0 unspecified atom stereocenters. The van der Waals surface area contributed by atoms with Gasteiger partial charge in [0.1, 0.15) is 5.69 Å². The van der Waals surface area contributed by atoms with E-state index in [1.807, 2.05) is 73.6 Å². The van der Waals surface area contributed by atoms with Crippen LogP contribution in [0.2, 0.25) is 0 Å². The van der Waals surface area contributed by atoms with Crippen molar-refractivity contribution >= 4 is 11.6 Å². The summed E-state index contributed by atoms with van der Waals surface area (Å²) in [4.78, 5) is 26.5. The van der Waals surface area contributed by atoms with Crippen molar-refractivity contribution in [1.29, 1.82) is 0 Å². The summed E-state index contributed by atoms with van der Waals surface area (Å²) in [5.41, 5.74) is 3.02. The van der Waals surface area contributed by atoms with Crippen molar-refractivity contribution in [2.45, 2.75) is 13.1 Å². The number of anilines is 1. The summed E-state index contributed by atoms with van der Waals surface area (Å²) >= 11 is 0. The number of nitrogens with one attached hydrogen (secondary N) is 1. The van der Waals surface area contributed by atoms with Crippen LogP contribution in [0, 0.1) is 0 Å². The molecule has 0 saturated carbocycles. The lowest BCUT2D eigenvalue weighted by Crippen LogP contribution is -2.29. The number of amides is 1. The van der Waals surface area contributed by atoms with Crippen molar-refractivity contribution in [1.82, 2.24) is 15.1 Å². The zero-order valence-corrected chi connectivity index (χ0v) is 15.4. The Hall–Kier alpha value is -3.41. The van der Waals surface area contributed by atoms with Crippen molar-refractivity contribution in [3.8, 4) is 0 Å². The summed E-state index contributed by atoms with van der Waals surface area (Å²) in [7, 11) is 3.96. The first-order valence-electron chi connectivity index (χ1n) is 8.69. The molecule has 1 N–H and O–H groups in total.